The van der Waals surface area contributed by atoms with E-state index in [9.17, 15) is 4.79 Å². The third kappa shape index (κ3) is 2.82. The second-order valence-corrected chi connectivity index (χ2v) is 7.54. The molecule has 2 heterocycles. The zero-order chi connectivity index (χ0) is 18.3. The van der Waals surface area contributed by atoms with Crippen molar-refractivity contribution in [2.75, 3.05) is 20.0 Å². The molecule has 0 spiro atoms. The number of carbonyl (C=O) groups excluding carboxylic acids is 1. The number of anilines is 1. The molecule has 1 fully saturated rings. The number of hydrogen-bond donors (Lipinski definition) is 2. The molecule has 26 heavy (non-hydrogen) atoms. The molecule has 0 radical (unpaired) electrons. The maximum absolute atomic E-state index is 12.6. The fourth-order valence-corrected chi connectivity index (χ4v) is 4.51. The lowest BCUT2D eigenvalue weighted by Gasteiger charge is -2.10. The van der Waals surface area contributed by atoms with Gasteiger partial charge in [-0.1, -0.05) is 12.8 Å². The number of methoxy groups -OCH3 is 2. The van der Waals surface area contributed by atoms with Crippen LogP contribution < -0.4 is 20.5 Å². The lowest BCUT2D eigenvalue weighted by atomic mass is 10.1. The first-order valence-electron chi connectivity index (χ1n) is 8.66. The molecule has 0 aliphatic heterocycles. The monoisotopic (exact) mass is 371 g/mol. The smallest absolute Gasteiger partial charge is 0.263 e. The Hall–Kier alpha value is -2.54. The molecule has 1 aromatic carbocycles. The number of benzene rings is 1. The van der Waals surface area contributed by atoms with Crippen molar-refractivity contribution in [3.8, 4) is 11.5 Å². The summed E-state index contributed by atoms with van der Waals surface area (Å²) >= 11 is 1.33. The van der Waals surface area contributed by atoms with Crippen LogP contribution in [0.4, 0.5) is 5.69 Å². The minimum absolute atomic E-state index is 0.100. The predicted octanol–water partition coefficient (Wildman–Crippen LogP) is 3.72. The molecular weight excluding hydrogens is 350 g/mol. The van der Waals surface area contributed by atoms with E-state index in [1.165, 1.54) is 24.2 Å². The number of nitrogens with zero attached hydrogens (tertiary/aromatic N) is 1. The zero-order valence-electron chi connectivity index (χ0n) is 14.8. The molecule has 6 nitrogen and oxygen atoms in total. The number of nitrogens with one attached hydrogen (secondary N) is 1. The van der Waals surface area contributed by atoms with Gasteiger partial charge in [0.2, 0.25) is 0 Å². The Morgan fingerprint density at radius 3 is 2.58 bits per heavy atom. The number of hydrogen-bond acceptors (Lipinski definition) is 6. The van der Waals surface area contributed by atoms with Gasteiger partial charge >= 0.3 is 0 Å². The van der Waals surface area contributed by atoms with Gasteiger partial charge in [-0.05, 0) is 25.0 Å². The molecule has 1 aliphatic carbocycles. The number of fused-ring (bicyclic) bond motifs is 2. The molecular formula is C19H21N3O3S. The van der Waals surface area contributed by atoms with Crippen LogP contribution in [0.5, 0.6) is 11.5 Å². The van der Waals surface area contributed by atoms with E-state index in [1.54, 1.807) is 14.2 Å². The standard InChI is InChI=1S/C19H21N3O3S/c1-24-14-8-10-7-12-16(20)17(18(23)21-11-5-3-4-6-11)26-19(12)22-13(10)9-15(14)25-2/h7-9,11H,3-6,20H2,1-2H3,(H,21,23). The van der Waals surface area contributed by atoms with Gasteiger partial charge in [-0.2, -0.15) is 0 Å². The summed E-state index contributed by atoms with van der Waals surface area (Å²) in [6, 6.07) is 5.92. The summed E-state index contributed by atoms with van der Waals surface area (Å²) in [7, 11) is 3.19. The van der Waals surface area contributed by atoms with Gasteiger partial charge in [0.1, 0.15) is 9.71 Å². The van der Waals surface area contributed by atoms with E-state index >= 15 is 0 Å². The van der Waals surface area contributed by atoms with Crippen LogP contribution in [0.15, 0.2) is 18.2 Å². The molecule has 0 bridgehead atoms. The highest BCUT2D eigenvalue weighted by atomic mass is 32.1. The second kappa shape index (κ2) is 6.64. The van der Waals surface area contributed by atoms with Crippen molar-refractivity contribution in [3.05, 3.63) is 23.1 Å². The van der Waals surface area contributed by atoms with Gasteiger partial charge in [-0.15, -0.1) is 11.3 Å². The van der Waals surface area contributed by atoms with Crippen LogP contribution >= 0.6 is 11.3 Å². The van der Waals surface area contributed by atoms with Crippen molar-refractivity contribution in [2.45, 2.75) is 31.7 Å². The van der Waals surface area contributed by atoms with Crippen LogP contribution in [0, 0.1) is 0 Å². The highest BCUT2D eigenvalue weighted by Gasteiger charge is 2.22. The fourth-order valence-electron chi connectivity index (χ4n) is 3.52. The van der Waals surface area contributed by atoms with Crippen LogP contribution in [0.2, 0.25) is 0 Å². The summed E-state index contributed by atoms with van der Waals surface area (Å²) in [5.74, 6) is 1.15. The Labute approximate surface area is 155 Å². The summed E-state index contributed by atoms with van der Waals surface area (Å²) in [5, 5.41) is 4.79. The Morgan fingerprint density at radius 1 is 1.19 bits per heavy atom. The SMILES string of the molecule is COc1cc2cc3c(N)c(C(=O)NC4CCCC4)sc3nc2cc1OC. The Kier molecular flexibility index (Phi) is 4.32. The van der Waals surface area contributed by atoms with E-state index < -0.39 is 0 Å². The molecule has 1 saturated carbocycles. The first-order chi connectivity index (χ1) is 12.6. The highest BCUT2D eigenvalue weighted by Crippen LogP contribution is 2.38. The molecule has 136 valence electrons. The maximum Gasteiger partial charge on any atom is 0.263 e. The van der Waals surface area contributed by atoms with E-state index in [0.29, 0.717) is 22.1 Å². The van der Waals surface area contributed by atoms with Crippen LogP contribution in [0.1, 0.15) is 35.4 Å². The average Bonchev–Trinajstić information content (AvgIpc) is 3.27. The highest BCUT2D eigenvalue weighted by molar-refractivity contribution is 7.21. The zero-order valence-corrected chi connectivity index (χ0v) is 15.6. The number of pyridine rings is 1. The summed E-state index contributed by atoms with van der Waals surface area (Å²) in [6.45, 7) is 0. The number of aromatic nitrogens is 1. The van der Waals surface area contributed by atoms with Crippen molar-refractivity contribution in [2.24, 2.45) is 0 Å². The molecule has 1 amide bonds. The minimum Gasteiger partial charge on any atom is -0.493 e. The Bertz CT molecular complexity index is 993. The van der Waals surface area contributed by atoms with Crippen molar-refractivity contribution in [3.63, 3.8) is 0 Å². The van der Waals surface area contributed by atoms with E-state index in [-0.39, 0.29) is 11.9 Å². The number of nitrogen functional groups attached to an aromatic ring is 1. The molecule has 3 N–H and O–H groups in total. The summed E-state index contributed by atoms with van der Waals surface area (Å²) in [5.41, 5.74) is 7.55. The molecule has 0 unspecified atom stereocenters. The third-order valence-electron chi connectivity index (χ3n) is 4.92. The van der Waals surface area contributed by atoms with Crippen molar-refractivity contribution < 1.29 is 14.3 Å². The minimum atomic E-state index is -0.100. The molecule has 1 aliphatic rings. The van der Waals surface area contributed by atoms with Crippen molar-refractivity contribution >= 4 is 44.1 Å². The van der Waals surface area contributed by atoms with Gasteiger partial charge in [0.05, 0.1) is 25.4 Å². The molecule has 0 atom stereocenters. The quantitative estimate of drug-likeness (QED) is 0.730. The van der Waals surface area contributed by atoms with E-state index in [0.717, 1.165) is 34.0 Å². The van der Waals surface area contributed by atoms with Crippen LogP contribution in [0.3, 0.4) is 0 Å². The normalized spacial score (nSPS) is 14.8. The third-order valence-corrected chi connectivity index (χ3v) is 6.03. The largest absolute Gasteiger partial charge is 0.493 e. The van der Waals surface area contributed by atoms with E-state index in [4.69, 9.17) is 15.2 Å². The lowest BCUT2D eigenvalue weighted by Crippen LogP contribution is -2.32. The maximum atomic E-state index is 12.6. The van der Waals surface area contributed by atoms with Crippen LogP contribution in [0.25, 0.3) is 21.1 Å². The van der Waals surface area contributed by atoms with Crippen LogP contribution in [-0.4, -0.2) is 31.2 Å². The van der Waals surface area contributed by atoms with Gasteiger partial charge < -0.3 is 20.5 Å². The van der Waals surface area contributed by atoms with Gasteiger partial charge in [-0.25, -0.2) is 4.98 Å². The summed E-state index contributed by atoms with van der Waals surface area (Å²) in [6.07, 6.45) is 4.42. The second-order valence-electron chi connectivity index (χ2n) is 6.54. The first-order valence-corrected chi connectivity index (χ1v) is 9.48. The summed E-state index contributed by atoms with van der Waals surface area (Å²) in [4.78, 5) is 18.6. The van der Waals surface area contributed by atoms with Crippen LogP contribution in [-0.2, 0) is 0 Å². The number of amides is 1. The number of ether oxygens (including phenoxy) is 2. The van der Waals surface area contributed by atoms with E-state index in [1.807, 2.05) is 18.2 Å². The van der Waals surface area contributed by atoms with Gasteiger partial charge in [0.15, 0.2) is 11.5 Å². The van der Waals surface area contributed by atoms with E-state index in [2.05, 4.69) is 10.3 Å². The van der Waals surface area contributed by atoms with Gasteiger partial charge in [-0.3, -0.25) is 4.79 Å². The lowest BCUT2D eigenvalue weighted by molar-refractivity contribution is 0.0943. The Balaban J connectivity index is 1.78. The number of thiophene rings is 1. The average molecular weight is 371 g/mol. The van der Waals surface area contributed by atoms with Crippen molar-refractivity contribution in [1.29, 1.82) is 0 Å². The molecule has 0 saturated heterocycles. The Morgan fingerprint density at radius 2 is 1.88 bits per heavy atom. The first kappa shape index (κ1) is 16.9. The van der Waals surface area contributed by atoms with Gasteiger partial charge in [0.25, 0.3) is 5.91 Å². The molecule has 2 aromatic heterocycles. The molecule has 7 heteroatoms. The number of rotatable bonds is 4. The summed E-state index contributed by atoms with van der Waals surface area (Å²) < 4.78 is 10.7. The number of carbonyl (C=O) groups is 1. The molecule has 4 rings (SSSR count). The predicted molar refractivity (Wildman–Crippen MR) is 104 cm³/mol. The number of nitrogens with two attached hydrogens (primary N) is 1. The van der Waals surface area contributed by atoms with Gasteiger partial charge in [0, 0.05) is 22.9 Å². The fraction of sp³-hybridized carbons (Fsp3) is 0.368. The molecule has 3 aromatic rings. The van der Waals surface area contributed by atoms with Crippen molar-refractivity contribution in [1.82, 2.24) is 10.3 Å². The topological polar surface area (TPSA) is 86.5 Å².